The lowest BCUT2D eigenvalue weighted by atomic mass is 10.0. The van der Waals surface area contributed by atoms with E-state index in [-0.39, 0.29) is 11.3 Å². The Hall–Kier alpha value is -2.64. The van der Waals surface area contributed by atoms with Gasteiger partial charge in [-0.25, -0.2) is 13.4 Å². The highest BCUT2D eigenvalue weighted by Crippen LogP contribution is 2.35. The molecule has 2 heterocycles. The molecule has 1 saturated carbocycles. The molecule has 1 aliphatic heterocycles. The van der Waals surface area contributed by atoms with Crippen LogP contribution in [0.25, 0.3) is 0 Å². The van der Waals surface area contributed by atoms with Crippen LogP contribution in [0.15, 0.2) is 67.1 Å². The summed E-state index contributed by atoms with van der Waals surface area (Å²) in [5.41, 5.74) is 4.49. The third kappa shape index (κ3) is 4.32. The van der Waals surface area contributed by atoms with Crippen molar-refractivity contribution in [1.82, 2.24) is 14.3 Å². The molecule has 1 N–H and O–H groups in total. The van der Waals surface area contributed by atoms with E-state index in [1.54, 1.807) is 10.6 Å². The van der Waals surface area contributed by atoms with Gasteiger partial charge in [-0.15, -0.1) is 0 Å². The number of imidazole rings is 1. The molecule has 0 saturated heterocycles. The molecule has 0 radical (unpaired) electrons. The number of hydrogen-bond donors (Lipinski definition) is 1. The van der Waals surface area contributed by atoms with E-state index >= 15 is 0 Å². The van der Waals surface area contributed by atoms with E-state index in [2.05, 4.69) is 51.3 Å². The molecule has 5 rings (SSSR count). The summed E-state index contributed by atoms with van der Waals surface area (Å²) >= 11 is 0. The first-order valence-corrected chi connectivity index (χ1v) is 13.0. The zero-order chi connectivity index (χ0) is 22.0. The van der Waals surface area contributed by atoms with E-state index in [4.69, 9.17) is 0 Å². The van der Waals surface area contributed by atoms with Gasteiger partial charge in [0.2, 0.25) is 10.0 Å². The van der Waals surface area contributed by atoms with Crippen molar-refractivity contribution in [3.05, 3.63) is 83.9 Å². The van der Waals surface area contributed by atoms with Crippen molar-refractivity contribution in [3.8, 4) is 0 Å². The average molecular weight is 451 g/mol. The topological polar surface area (TPSA) is 69.3 Å². The fraction of sp³-hybridized carbons (Fsp3) is 0.400. The Bertz CT molecular complexity index is 1130. The monoisotopic (exact) mass is 450 g/mol. The Morgan fingerprint density at radius 3 is 2.53 bits per heavy atom. The molecule has 168 valence electrons. The molecule has 3 aromatic rings. The van der Waals surface area contributed by atoms with Crippen molar-refractivity contribution < 1.29 is 8.42 Å². The van der Waals surface area contributed by atoms with E-state index in [0.29, 0.717) is 19.6 Å². The number of H-pyrrole nitrogens is 1. The first-order valence-electron chi connectivity index (χ1n) is 11.5. The lowest BCUT2D eigenvalue weighted by Crippen LogP contribution is -2.47. The Morgan fingerprint density at radius 2 is 1.81 bits per heavy atom. The maximum atomic E-state index is 13.5. The fourth-order valence-corrected chi connectivity index (χ4v) is 6.83. The van der Waals surface area contributed by atoms with Crippen LogP contribution in [-0.2, 0) is 29.5 Å². The zero-order valence-corrected chi connectivity index (χ0v) is 19.0. The van der Waals surface area contributed by atoms with Gasteiger partial charge in [-0.1, -0.05) is 55.0 Å². The predicted molar refractivity (Wildman–Crippen MR) is 127 cm³/mol. The van der Waals surface area contributed by atoms with E-state index in [0.717, 1.165) is 49.0 Å². The Kier molecular flexibility index (Phi) is 6.02. The van der Waals surface area contributed by atoms with Gasteiger partial charge in [0, 0.05) is 31.0 Å². The van der Waals surface area contributed by atoms with Crippen LogP contribution < -0.4 is 4.90 Å². The largest absolute Gasteiger partial charge is 0.361 e. The van der Waals surface area contributed by atoms with Crippen LogP contribution in [0, 0.1) is 0 Å². The number of hydrogen-bond acceptors (Lipinski definition) is 4. The highest BCUT2D eigenvalue weighted by atomic mass is 32.2. The summed E-state index contributed by atoms with van der Waals surface area (Å²) in [4.78, 5) is 9.79. The van der Waals surface area contributed by atoms with Gasteiger partial charge in [-0.2, -0.15) is 4.31 Å². The number of aromatic nitrogens is 2. The number of anilines is 1. The van der Waals surface area contributed by atoms with Gasteiger partial charge in [0.1, 0.15) is 0 Å². The second kappa shape index (κ2) is 9.08. The molecule has 0 unspecified atom stereocenters. The van der Waals surface area contributed by atoms with Crippen LogP contribution >= 0.6 is 0 Å². The minimum absolute atomic E-state index is 0.0667. The van der Waals surface area contributed by atoms with Crippen molar-refractivity contribution in [2.45, 2.75) is 56.5 Å². The highest BCUT2D eigenvalue weighted by Gasteiger charge is 2.40. The summed E-state index contributed by atoms with van der Waals surface area (Å²) < 4.78 is 28.7. The maximum absolute atomic E-state index is 13.5. The average Bonchev–Trinajstić information content (AvgIpc) is 3.21. The standard InChI is InChI=1S/C25H30N4O2S/c30-32(31,24-10-6-11-24)28-16-21-9-4-5-12-25(21)29(17-22-15-26-19-27-22)23(18-28)14-13-20-7-2-1-3-8-20/h1-5,7-9,12,15,19,23-24H,6,10-11,13-14,16-18H2,(H,26,27)/t23-/m1/s1. The Labute approximate surface area is 190 Å². The minimum Gasteiger partial charge on any atom is -0.361 e. The number of fused-ring (bicyclic) bond motifs is 1. The number of nitrogens with one attached hydrogen (secondary N) is 1. The third-order valence-corrected chi connectivity index (χ3v) is 9.15. The SMILES string of the molecule is O=S(=O)(C1CCC1)N1Cc2ccccc2N(Cc2cnc[nH]2)[C@H](CCc2ccccc2)C1. The molecule has 7 heteroatoms. The van der Waals surface area contributed by atoms with Crippen molar-refractivity contribution in [3.63, 3.8) is 0 Å². The molecular weight excluding hydrogens is 420 g/mol. The number of rotatable bonds is 7. The number of sulfonamides is 1. The normalized spacial score (nSPS) is 19.9. The molecular formula is C25H30N4O2S. The smallest absolute Gasteiger partial charge is 0.217 e. The first-order chi connectivity index (χ1) is 15.6. The molecule has 32 heavy (non-hydrogen) atoms. The summed E-state index contributed by atoms with van der Waals surface area (Å²) in [5, 5.41) is -0.219. The summed E-state index contributed by atoms with van der Waals surface area (Å²) in [6.45, 7) is 1.62. The van der Waals surface area contributed by atoms with Crippen LogP contribution in [0.4, 0.5) is 5.69 Å². The van der Waals surface area contributed by atoms with Crippen molar-refractivity contribution in [2.75, 3.05) is 11.4 Å². The summed E-state index contributed by atoms with van der Waals surface area (Å²) in [6.07, 6.45) is 7.92. The Balaban J connectivity index is 1.50. The number of benzene rings is 2. The molecule has 0 bridgehead atoms. The number of aryl methyl sites for hydroxylation is 1. The van der Waals surface area contributed by atoms with Gasteiger partial charge in [0.25, 0.3) is 0 Å². The molecule has 6 nitrogen and oxygen atoms in total. The van der Waals surface area contributed by atoms with Gasteiger partial charge >= 0.3 is 0 Å². The molecule has 0 amide bonds. The molecule has 2 aliphatic rings. The van der Waals surface area contributed by atoms with Gasteiger partial charge in [-0.3, -0.25) is 0 Å². The molecule has 1 fully saturated rings. The van der Waals surface area contributed by atoms with Crippen molar-refractivity contribution in [1.29, 1.82) is 0 Å². The van der Waals surface area contributed by atoms with Gasteiger partial charge in [-0.05, 0) is 42.9 Å². The molecule has 1 aliphatic carbocycles. The number of aromatic amines is 1. The lowest BCUT2D eigenvalue weighted by molar-refractivity contribution is 0.350. The summed E-state index contributed by atoms with van der Waals surface area (Å²) in [6, 6.07) is 18.8. The molecule has 0 spiro atoms. The number of para-hydroxylation sites is 1. The van der Waals surface area contributed by atoms with Crippen LogP contribution in [-0.4, -0.2) is 40.5 Å². The van der Waals surface area contributed by atoms with Gasteiger partial charge < -0.3 is 9.88 Å². The van der Waals surface area contributed by atoms with Crippen LogP contribution in [0.3, 0.4) is 0 Å². The quantitative estimate of drug-likeness (QED) is 0.588. The third-order valence-electron chi connectivity index (χ3n) is 6.84. The molecule has 1 atom stereocenters. The minimum atomic E-state index is -3.31. The first kappa shape index (κ1) is 21.2. The van der Waals surface area contributed by atoms with Crippen LogP contribution in [0.2, 0.25) is 0 Å². The summed E-state index contributed by atoms with van der Waals surface area (Å²) in [7, 11) is -3.31. The second-order valence-electron chi connectivity index (χ2n) is 8.90. The zero-order valence-electron chi connectivity index (χ0n) is 18.2. The van der Waals surface area contributed by atoms with E-state index in [1.165, 1.54) is 5.56 Å². The van der Waals surface area contributed by atoms with E-state index in [9.17, 15) is 8.42 Å². The Morgan fingerprint density at radius 1 is 1.03 bits per heavy atom. The fourth-order valence-electron chi connectivity index (χ4n) is 4.78. The van der Waals surface area contributed by atoms with E-state index < -0.39 is 10.0 Å². The summed E-state index contributed by atoms with van der Waals surface area (Å²) in [5.74, 6) is 0. The van der Waals surface area contributed by atoms with Crippen molar-refractivity contribution >= 4 is 15.7 Å². The second-order valence-corrected chi connectivity index (χ2v) is 11.1. The van der Waals surface area contributed by atoms with Crippen LogP contribution in [0.1, 0.15) is 42.5 Å². The maximum Gasteiger partial charge on any atom is 0.217 e. The van der Waals surface area contributed by atoms with Crippen molar-refractivity contribution in [2.24, 2.45) is 0 Å². The van der Waals surface area contributed by atoms with Gasteiger partial charge in [0.05, 0.1) is 23.8 Å². The van der Waals surface area contributed by atoms with Crippen LogP contribution in [0.5, 0.6) is 0 Å². The number of nitrogens with zero attached hydrogens (tertiary/aromatic N) is 3. The lowest BCUT2D eigenvalue weighted by Gasteiger charge is -2.36. The predicted octanol–water partition coefficient (Wildman–Crippen LogP) is 4.12. The van der Waals surface area contributed by atoms with E-state index in [1.807, 2.05) is 24.4 Å². The molecule has 1 aromatic heterocycles. The van der Waals surface area contributed by atoms with Gasteiger partial charge in [0.15, 0.2) is 0 Å². The highest BCUT2D eigenvalue weighted by molar-refractivity contribution is 7.89. The molecule has 2 aromatic carbocycles.